The average molecular weight is 167 g/mol. The molecule has 2 aliphatic rings. The molecular formula is C10H17NO. The van der Waals surface area contributed by atoms with Crippen molar-refractivity contribution in [2.45, 2.75) is 38.3 Å². The van der Waals surface area contributed by atoms with Crippen LogP contribution in [0.2, 0.25) is 0 Å². The van der Waals surface area contributed by atoms with Crippen LogP contribution in [0.25, 0.3) is 0 Å². The van der Waals surface area contributed by atoms with Gasteiger partial charge in [0.25, 0.3) is 0 Å². The van der Waals surface area contributed by atoms with Gasteiger partial charge in [-0.05, 0) is 12.3 Å². The molecule has 0 bridgehead atoms. The molecule has 2 rings (SSSR count). The van der Waals surface area contributed by atoms with E-state index in [9.17, 15) is 0 Å². The summed E-state index contributed by atoms with van der Waals surface area (Å²) in [5, 5.41) is 3.27. The first-order valence-corrected chi connectivity index (χ1v) is 4.87. The Morgan fingerprint density at radius 2 is 2.33 bits per heavy atom. The van der Waals surface area contributed by atoms with Crippen LogP contribution in [0.15, 0.2) is 11.8 Å². The lowest BCUT2D eigenvalue weighted by Crippen LogP contribution is -2.42. The Bertz CT molecular complexity index is 176. The molecule has 1 aliphatic heterocycles. The van der Waals surface area contributed by atoms with Crippen LogP contribution in [0.3, 0.4) is 0 Å². The largest absolute Gasteiger partial charge is 0.363 e. The minimum absolute atomic E-state index is 0.289. The van der Waals surface area contributed by atoms with Crippen LogP contribution in [0.5, 0.6) is 0 Å². The molecule has 0 radical (unpaired) electrons. The van der Waals surface area contributed by atoms with Crippen molar-refractivity contribution in [1.82, 2.24) is 5.32 Å². The Morgan fingerprint density at radius 1 is 1.58 bits per heavy atom. The van der Waals surface area contributed by atoms with Crippen molar-refractivity contribution in [1.29, 1.82) is 0 Å². The van der Waals surface area contributed by atoms with Gasteiger partial charge in [0.1, 0.15) is 6.23 Å². The fourth-order valence-corrected chi connectivity index (χ4v) is 1.71. The molecule has 1 aliphatic carbocycles. The smallest absolute Gasteiger partial charge is 0.132 e. The summed E-state index contributed by atoms with van der Waals surface area (Å²) in [7, 11) is 1.75. The fraction of sp³-hybridized carbons (Fsp3) is 0.800. The zero-order valence-corrected chi connectivity index (χ0v) is 7.68. The van der Waals surface area contributed by atoms with E-state index in [1.807, 2.05) is 0 Å². The minimum atomic E-state index is 0.289. The summed E-state index contributed by atoms with van der Waals surface area (Å²) < 4.78 is 5.11. The number of rotatable bonds is 3. The standard InChI is InChI=1S/C10H17NO/c1-12-10-7-9(11-10)6-5-8-3-2-4-8/h6,8,10-11H,2-5,7H2,1H3/b9-6+. The third-order valence-electron chi connectivity index (χ3n) is 2.96. The normalized spacial score (nSPS) is 32.4. The van der Waals surface area contributed by atoms with Crippen molar-refractivity contribution < 1.29 is 4.74 Å². The van der Waals surface area contributed by atoms with Crippen LogP contribution in [0.1, 0.15) is 32.1 Å². The molecule has 0 aromatic rings. The maximum Gasteiger partial charge on any atom is 0.132 e. The molecular weight excluding hydrogens is 150 g/mol. The van der Waals surface area contributed by atoms with Crippen molar-refractivity contribution in [3.8, 4) is 0 Å². The second-order valence-corrected chi connectivity index (χ2v) is 3.83. The monoisotopic (exact) mass is 167 g/mol. The van der Waals surface area contributed by atoms with Crippen molar-refractivity contribution >= 4 is 0 Å². The Morgan fingerprint density at radius 3 is 2.83 bits per heavy atom. The van der Waals surface area contributed by atoms with Gasteiger partial charge in [0.05, 0.1) is 0 Å². The third kappa shape index (κ3) is 1.63. The van der Waals surface area contributed by atoms with Gasteiger partial charge in [-0.15, -0.1) is 0 Å². The second kappa shape index (κ2) is 3.48. The zero-order chi connectivity index (χ0) is 8.39. The lowest BCUT2D eigenvalue weighted by atomic mass is 9.82. The summed E-state index contributed by atoms with van der Waals surface area (Å²) >= 11 is 0. The Labute approximate surface area is 74.0 Å². The van der Waals surface area contributed by atoms with E-state index < -0.39 is 0 Å². The molecule has 0 aromatic carbocycles. The first-order valence-electron chi connectivity index (χ1n) is 4.87. The van der Waals surface area contributed by atoms with E-state index in [4.69, 9.17) is 4.74 Å². The summed E-state index contributed by atoms with van der Waals surface area (Å²) in [6, 6.07) is 0. The molecule has 68 valence electrons. The van der Waals surface area contributed by atoms with Gasteiger partial charge in [-0.2, -0.15) is 0 Å². The molecule has 2 fully saturated rings. The van der Waals surface area contributed by atoms with E-state index in [1.165, 1.54) is 31.4 Å². The zero-order valence-electron chi connectivity index (χ0n) is 7.68. The number of methoxy groups -OCH3 is 1. The van der Waals surface area contributed by atoms with E-state index in [0.29, 0.717) is 0 Å². The van der Waals surface area contributed by atoms with Crippen molar-refractivity contribution in [2.75, 3.05) is 7.11 Å². The summed E-state index contributed by atoms with van der Waals surface area (Å²) in [5.74, 6) is 0.987. The molecule has 0 aromatic heterocycles. The highest BCUT2D eigenvalue weighted by atomic mass is 16.5. The van der Waals surface area contributed by atoms with Crippen LogP contribution in [0, 0.1) is 5.92 Å². The van der Waals surface area contributed by atoms with Gasteiger partial charge < -0.3 is 10.1 Å². The number of hydrogen-bond acceptors (Lipinski definition) is 2. The van der Waals surface area contributed by atoms with E-state index in [0.717, 1.165) is 12.3 Å². The highest BCUT2D eigenvalue weighted by Gasteiger charge is 2.22. The van der Waals surface area contributed by atoms with Gasteiger partial charge >= 0.3 is 0 Å². The molecule has 1 unspecified atom stereocenters. The lowest BCUT2D eigenvalue weighted by Gasteiger charge is -2.32. The Balaban J connectivity index is 1.65. The SMILES string of the molecule is COC1C/C(=C\CC2CCC2)N1. The van der Waals surface area contributed by atoms with Gasteiger partial charge in [-0.25, -0.2) is 0 Å². The molecule has 12 heavy (non-hydrogen) atoms. The molecule has 2 nitrogen and oxygen atoms in total. The first kappa shape index (κ1) is 8.11. The number of allylic oxidation sites excluding steroid dienone is 1. The molecule has 0 spiro atoms. The maximum atomic E-state index is 5.11. The summed E-state index contributed by atoms with van der Waals surface area (Å²) in [6.07, 6.45) is 9.33. The summed E-state index contributed by atoms with van der Waals surface area (Å²) in [5.41, 5.74) is 1.38. The quantitative estimate of drug-likeness (QED) is 0.694. The van der Waals surface area contributed by atoms with Gasteiger partial charge in [0, 0.05) is 19.2 Å². The van der Waals surface area contributed by atoms with Gasteiger partial charge in [-0.1, -0.05) is 25.3 Å². The minimum Gasteiger partial charge on any atom is -0.363 e. The molecule has 1 heterocycles. The maximum absolute atomic E-state index is 5.11. The highest BCUT2D eigenvalue weighted by Crippen LogP contribution is 2.30. The number of hydrogen-bond donors (Lipinski definition) is 1. The van der Waals surface area contributed by atoms with Crippen molar-refractivity contribution in [2.24, 2.45) is 5.92 Å². The summed E-state index contributed by atoms with van der Waals surface area (Å²) in [6.45, 7) is 0. The second-order valence-electron chi connectivity index (χ2n) is 3.83. The van der Waals surface area contributed by atoms with E-state index in [-0.39, 0.29) is 6.23 Å². The Hall–Kier alpha value is -0.500. The number of nitrogens with one attached hydrogen (secondary N) is 1. The topological polar surface area (TPSA) is 21.3 Å². The van der Waals surface area contributed by atoms with Crippen molar-refractivity contribution in [3.05, 3.63) is 11.8 Å². The van der Waals surface area contributed by atoms with Crippen LogP contribution in [0.4, 0.5) is 0 Å². The summed E-state index contributed by atoms with van der Waals surface area (Å²) in [4.78, 5) is 0. The molecule has 2 heteroatoms. The van der Waals surface area contributed by atoms with Gasteiger partial charge in [0.2, 0.25) is 0 Å². The van der Waals surface area contributed by atoms with Crippen LogP contribution in [-0.2, 0) is 4.74 Å². The molecule has 1 saturated carbocycles. The molecule has 1 atom stereocenters. The van der Waals surface area contributed by atoms with Gasteiger partial charge in [-0.3, -0.25) is 0 Å². The average Bonchev–Trinajstić information content (AvgIpc) is 1.90. The van der Waals surface area contributed by atoms with E-state index in [1.54, 1.807) is 7.11 Å². The first-order chi connectivity index (χ1) is 5.88. The molecule has 1 N–H and O–H groups in total. The predicted octanol–water partition coefficient (Wildman–Crippen LogP) is 2.03. The van der Waals surface area contributed by atoms with E-state index >= 15 is 0 Å². The van der Waals surface area contributed by atoms with Gasteiger partial charge in [0.15, 0.2) is 0 Å². The fourth-order valence-electron chi connectivity index (χ4n) is 1.71. The Kier molecular flexibility index (Phi) is 2.35. The predicted molar refractivity (Wildman–Crippen MR) is 48.6 cm³/mol. The van der Waals surface area contributed by atoms with Crippen LogP contribution < -0.4 is 5.32 Å². The lowest BCUT2D eigenvalue weighted by molar-refractivity contribution is 0.0460. The third-order valence-corrected chi connectivity index (χ3v) is 2.96. The molecule has 1 saturated heterocycles. The van der Waals surface area contributed by atoms with Crippen LogP contribution in [-0.4, -0.2) is 13.3 Å². The van der Waals surface area contributed by atoms with Crippen LogP contribution >= 0.6 is 0 Å². The number of ether oxygens (including phenoxy) is 1. The van der Waals surface area contributed by atoms with E-state index in [2.05, 4.69) is 11.4 Å². The van der Waals surface area contributed by atoms with Crippen molar-refractivity contribution in [3.63, 3.8) is 0 Å². The molecule has 0 amide bonds. The highest BCUT2D eigenvalue weighted by molar-refractivity contribution is 5.10.